The van der Waals surface area contributed by atoms with Crippen LogP contribution in [-0.2, 0) is 11.3 Å². The van der Waals surface area contributed by atoms with E-state index < -0.39 is 0 Å². The number of benzene rings is 2. The Balaban J connectivity index is 1.25. The highest BCUT2D eigenvalue weighted by Crippen LogP contribution is 2.17. The Morgan fingerprint density at radius 2 is 1.76 bits per heavy atom. The average molecular weight is 391 g/mol. The lowest BCUT2D eigenvalue weighted by molar-refractivity contribution is -0.131. The van der Waals surface area contributed by atoms with E-state index in [1.54, 1.807) is 0 Å². The van der Waals surface area contributed by atoms with Gasteiger partial charge >= 0.3 is 0 Å². The summed E-state index contributed by atoms with van der Waals surface area (Å²) in [6, 6.07) is 17.8. The van der Waals surface area contributed by atoms with E-state index >= 15 is 0 Å². The molecular formula is C22H25N5O2. The van der Waals surface area contributed by atoms with E-state index in [0.717, 1.165) is 24.3 Å². The fourth-order valence-corrected chi connectivity index (χ4v) is 3.33. The van der Waals surface area contributed by atoms with Crippen molar-refractivity contribution in [3.05, 3.63) is 66.1 Å². The topological polar surface area (TPSA) is 74.5 Å². The molecule has 0 saturated carbocycles. The van der Waals surface area contributed by atoms with Crippen LogP contribution in [0.3, 0.4) is 0 Å². The summed E-state index contributed by atoms with van der Waals surface area (Å²) in [6.45, 7) is 5.95. The molecule has 4 rings (SSSR count). The predicted molar refractivity (Wildman–Crippen MR) is 111 cm³/mol. The first kappa shape index (κ1) is 19.1. The van der Waals surface area contributed by atoms with Gasteiger partial charge in [0.15, 0.2) is 0 Å². The number of carbonyl (C=O) groups excluding carboxylic acids is 1. The summed E-state index contributed by atoms with van der Waals surface area (Å²) in [4.78, 5) is 21.1. The minimum Gasteiger partial charge on any atom is -0.376 e. The number of carbonyl (C=O) groups is 1. The zero-order valence-electron chi connectivity index (χ0n) is 16.5. The molecule has 0 aliphatic carbocycles. The average Bonchev–Trinajstić information content (AvgIpc) is 3.22. The van der Waals surface area contributed by atoms with Gasteiger partial charge in [0.2, 0.25) is 17.6 Å². The molecule has 1 saturated heterocycles. The molecule has 1 aliphatic heterocycles. The van der Waals surface area contributed by atoms with Crippen molar-refractivity contribution < 1.29 is 9.32 Å². The second-order valence-corrected chi connectivity index (χ2v) is 7.25. The fraction of sp³-hybridized carbons (Fsp3) is 0.318. The van der Waals surface area contributed by atoms with Crippen molar-refractivity contribution >= 4 is 11.6 Å². The second-order valence-electron chi connectivity index (χ2n) is 7.25. The molecule has 0 unspecified atom stereocenters. The zero-order chi connectivity index (χ0) is 20.1. The van der Waals surface area contributed by atoms with Gasteiger partial charge in [-0.2, -0.15) is 4.98 Å². The summed E-state index contributed by atoms with van der Waals surface area (Å²) in [6.07, 6.45) is 0. The lowest BCUT2D eigenvalue weighted by Crippen LogP contribution is -2.49. The summed E-state index contributed by atoms with van der Waals surface area (Å²) >= 11 is 0. The van der Waals surface area contributed by atoms with E-state index in [4.69, 9.17) is 4.52 Å². The van der Waals surface area contributed by atoms with Gasteiger partial charge in [-0.15, -0.1) is 0 Å². The lowest BCUT2D eigenvalue weighted by Gasteiger charge is -2.34. The van der Waals surface area contributed by atoms with Crippen LogP contribution >= 0.6 is 0 Å². The molecule has 2 aromatic carbocycles. The van der Waals surface area contributed by atoms with E-state index in [9.17, 15) is 4.79 Å². The number of hydrogen-bond donors (Lipinski definition) is 1. The van der Waals surface area contributed by atoms with Gasteiger partial charge in [0.25, 0.3) is 0 Å². The van der Waals surface area contributed by atoms with E-state index in [0.29, 0.717) is 37.9 Å². The Hall–Kier alpha value is -3.19. The molecule has 3 aromatic rings. The predicted octanol–water partition coefficient (Wildman–Crippen LogP) is 2.80. The van der Waals surface area contributed by atoms with Crippen LogP contribution in [0.15, 0.2) is 59.1 Å². The highest BCUT2D eigenvalue weighted by atomic mass is 16.5. The molecule has 29 heavy (non-hydrogen) atoms. The van der Waals surface area contributed by atoms with Gasteiger partial charge in [-0.1, -0.05) is 53.2 Å². The van der Waals surface area contributed by atoms with Gasteiger partial charge in [0, 0.05) is 37.4 Å². The summed E-state index contributed by atoms with van der Waals surface area (Å²) in [7, 11) is 0. The molecule has 2 heterocycles. The highest BCUT2D eigenvalue weighted by Gasteiger charge is 2.22. The molecule has 1 N–H and O–H groups in total. The normalized spacial score (nSPS) is 14.7. The number of aromatic nitrogens is 2. The summed E-state index contributed by atoms with van der Waals surface area (Å²) < 4.78 is 5.42. The molecular weight excluding hydrogens is 366 g/mol. The van der Waals surface area contributed by atoms with Crippen LogP contribution in [0.5, 0.6) is 0 Å². The van der Waals surface area contributed by atoms with Gasteiger partial charge < -0.3 is 14.7 Å². The minimum atomic E-state index is 0.118. The van der Waals surface area contributed by atoms with E-state index in [-0.39, 0.29) is 5.91 Å². The van der Waals surface area contributed by atoms with Crippen LogP contribution in [-0.4, -0.2) is 58.6 Å². The first-order valence-corrected chi connectivity index (χ1v) is 9.86. The Bertz CT molecular complexity index is 931. The molecule has 1 fully saturated rings. The number of anilines is 1. The van der Waals surface area contributed by atoms with Gasteiger partial charge in [-0.25, -0.2) is 0 Å². The largest absolute Gasteiger partial charge is 0.376 e. The number of nitrogens with one attached hydrogen (secondary N) is 1. The van der Waals surface area contributed by atoms with Gasteiger partial charge in [-0.3, -0.25) is 9.69 Å². The molecule has 1 aliphatic rings. The maximum atomic E-state index is 12.4. The number of nitrogens with zero attached hydrogens (tertiary/aromatic N) is 4. The minimum absolute atomic E-state index is 0.118. The Morgan fingerprint density at radius 3 is 2.48 bits per heavy atom. The summed E-state index contributed by atoms with van der Waals surface area (Å²) in [5.41, 5.74) is 3.11. The van der Waals surface area contributed by atoms with Crippen LogP contribution in [0.2, 0.25) is 0 Å². The Morgan fingerprint density at radius 1 is 1.03 bits per heavy atom. The van der Waals surface area contributed by atoms with Crippen LogP contribution < -0.4 is 5.32 Å². The first-order valence-electron chi connectivity index (χ1n) is 9.86. The number of aryl methyl sites for hydroxylation is 1. The van der Waals surface area contributed by atoms with Gasteiger partial charge in [0.1, 0.15) is 0 Å². The van der Waals surface area contributed by atoms with Crippen molar-refractivity contribution in [2.75, 3.05) is 38.0 Å². The highest BCUT2D eigenvalue weighted by molar-refractivity contribution is 5.81. The standard InChI is InChI=1S/C22H25N5O2/c1-17-7-9-18(10-8-17)22-24-20(29-25-22)16-26-11-13-27(14-12-26)21(28)15-23-19-5-3-2-4-6-19/h2-10,23H,11-16H2,1H3. The maximum absolute atomic E-state index is 12.4. The first-order chi connectivity index (χ1) is 14.2. The number of para-hydroxylation sites is 1. The number of rotatable bonds is 6. The van der Waals surface area contributed by atoms with Crippen molar-refractivity contribution in [2.45, 2.75) is 13.5 Å². The van der Waals surface area contributed by atoms with Crippen LogP contribution in [0.4, 0.5) is 5.69 Å². The molecule has 0 radical (unpaired) electrons. The Kier molecular flexibility index (Phi) is 5.86. The number of amides is 1. The molecule has 0 atom stereocenters. The third-order valence-electron chi connectivity index (χ3n) is 5.08. The van der Waals surface area contributed by atoms with Gasteiger partial charge in [-0.05, 0) is 19.1 Å². The summed E-state index contributed by atoms with van der Waals surface area (Å²) in [5, 5.41) is 7.27. The van der Waals surface area contributed by atoms with E-state index in [1.807, 2.05) is 66.4 Å². The van der Waals surface area contributed by atoms with Crippen LogP contribution in [0.25, 0.3) is 11.4 Å². The Labute approximate surface area is 170 Å². The van der Waals surface area contributed by atoms with E-state index in [1.165, 1.54) is 5.56 Å². The number of piperazine rings is 1. The third kappa shape index (κ3) is 5.00. The molecule has 150 valence electrons. The summed E-state index contributed by atoms with van der Waals surface area (Å²) in [5.74, 6) is 1.33. The molecule has 1 amide bonds. The quantitative estimate of drug-likeness (QED) is 0.697. The maximum Gasteiger partial charge on any atom is 0.241 e. The molecule has 0 spiro atoms. The smallest absolute Gasteiger partial charge is 0.241 e. The van der Waals surface area contributed by atoms with Crippen molar-refractivity contribution in [2.24, 2.45) is 0 Å². The van der Waals surface area contributed by atoms with Crippen LogP contribution in [0.1, 0.15) is 11.5 Å². The number of hydrogen-bond acceptors (Lipinski definition) is 6. The molecule has 7 nitrogen and oxygen atoms in total. The second kappa shape index (κ2) is 8.87. The van der Waals surface area contributed by atoms with Crippen molar-refractivity contribution in [3.63, 3.8) is 0 Å². The molecule has 1 aromatic heterocycles. The van der Waals surface area contributed by atoms with Crippen molar-refractivity contribution in [1.29, 1.82) is 0 Å². The molecule has 7 heteroatoms. The SMILES string of the molecule is Cc1ccc(-c2noc(CN3CCN(C(=O)CNc4ccccc4)CC3)n2)cc1. The van der Waals surface area contributed by atoms with Gasteiger partial charge in [0.05, 0.1) is 13.1 Å². The van der Waals surface area contributed by atoms with E-state index in [2.05, 4.69) is 20.4 Å². The lowest BCUT2D eigenvalue weighted by atomic mass is 10.1. The monoisotopic (exact) mass is 391 g/mol. The zero-order valence-corrected chi connectivity index (χ0v) is 16.5. The van der Waals surface area contributed by atoms with Crippen LogP contribution in [0, 0.1) is 6.92 Å². The third-order valence-corrected chi connectivity index (χ3v) is 5.08. The molecule has 0 bridgehead atoms. The fourth-order valence-electron chi connectivity index (χ4n) is 3.33. The van der Waals surface area contributed by atoms with Crippen molar-refractivity contribution in [3.8, 4) is 11.4 Å². The van der Waals surface area contributed by atoms with Crippen molar-refractivity contribution in [1.82, 2.24) is 19.9 Å².